The summed E-state index contributed by atoms with van der Waals surface area (Å²) in [5.41, 5.74) is 0.889. The van der Waals surface area contributed by atoms with Crippen molar-refractivity contribution in [2.75, 3.05) is 5.75 Å². The Morgan fingerprint density at radius 3 is 2.88 bits per heavy atom. The first-order chi connectivity index (χ1) is 11.6. The molecule has 1 fully saturated rings. The summed E-state index contributed by atoms with van der Waals surface area (Å²) in [6.07, 6.45) is 3.52. The van der Waals surface area contributed by atoms with E-state index in [1.54, 1.807) is 4.68 Å². The predicted molar refractivity (Wildman–Crippen MR) is 94.0 cm³/mol. The van der Waals surface area contributed by atoms with Crippen molar-refractivity contribution >= 4 is 17.7 Å². The first kappa shape index (κ1) is 17.0. The quantitative estimate of drug-likeness (QED) is 0.844. The van der Waals surface area contributed by atoms with Crippen molar-refractivity contribution in [2.24, 2.45) is 11.8 Å². The molecule has 1 saturated carbocycles. The van der Waals surface area contributed by atoms with Gasteiger partial charge in [0.1, 0.15) is 0 Å². The maximum absolute atomic E-state index is 12.3. The van der Waals surface area contributed by atoms with Crippen LogP contribution in [0.5, 0.6) is 0 Å². The van der Waals surface area contributed by atoms with E-state index in [2.05, 4.69) is 34.7 Å². The molecule has 1 aliphatic carbocycles. The Morgan fingerprint density at radius 2 is 2.08 bits per heavy atom. The minimum Gasteiger partial charge on any atom is -0.352 e. The van der Waals surface area contributed by atoms with Gasteiger partial charge in [0.05, 0.1) is 11.4 Å². The van der Waals surface area contributed by atoms with Crippen molar-refractivity contribution in [1.29, 1.82) is 0 Å². The molecule has 24 heavy (non-hydrogen) atoms. The van der Waals surface area contributed by atoms with Crippen molar-refractivity contribution in [3.63, 3.8) is 0 Å². The molecule has 1 amide bonds. The van der Waals surface area contributed by atoms with Gasteiger partial charge < -0.3 is 5.32 Å². The number of hydrogen-bond acceptors (Lipinski definition) is 5. The van der Waals surface area contributed by atoms with Gasteiger partial charge in [0, 0.05) is 6.04 Å². The fraction of sp³-hybridized carbons (Fsp3) is 0.529. The van der Waals surface area contributed by atoms with Gasteiger partial charge in [-0.1, -0.05) is 56.7 Å². The van der Waals surface area contributed by atoms with Crippen LogP contribution in [0.1, 0.15) is 33.1 Å². The third kappa shape index (κ3) is 3.95. The average Bonchev–Trinajstić information content (AvgIpc) is 3.06. The maximum Gasteiger partial charge on any atom is 0.230 e. The van der Waals surface area contributed by atoms with E-state index in [0.29, 0.717) is 22.7 Å². The molecule has 3 atom stereocenters. The molecule has 1 heterocycles. The van der Waals surface area contributed by atoms with Gasteiger partial charge in [0.15, 0.2) is 0 Å². The molecule has 0 bridgehead atoms. The monoisotopic (exact) mass is 345 g/mol. The molecule has 0 unspecified atom stereocenters. The summed E-state index contributed by atoms with van der Waals surface area (Å²) in [5, 5.41) is 15.6. The molecule has 7 heteroatoms. The van der Waals surface area contributed by atoms with E-state index in [4.69, 9.17) is 0 Å². The van der Waals surface area contributed by atoms with Gasteiger partial charge in [-0.15, -0.1) is 5.10 Å². The lowest BCUT2D eigenvalue weighted by Crippen LogP contribution is -2.44. The van der Waals surface area contributed by atoms with Crippen LogP contribution in [-0.2, 0) is 4.79 Å². The minimum absolute atomic E-state index is 0.0496. The molecule has 3 rings (SSSR count). The van der Waals surface area contributed by atoms with Gasteiger partial charge in [-0.3, -0.25) is 4.79 Å². The molecule has 1 aliphatic rings. The van der Waals surface area contributed by atoms with Crippen LogP contribution in [0.15, 0.2) is 35.5 Å². The molecule has 0 radical (unpaired) electrons. The summed E-state index contributed by atoms with van der Waals surface area (Å²) in [5.74, 6) is 1.57. The van der Waals surface area contributed by atoms with Crippen LogP contribution in [0.2, 0.25) is 0 Å². The van der Waals surface area contributed by atoms with Crippen molar-refractivity contribution < 1.29 is 4.79 Å². The summed E-state index contributed by atoms with van der Waals surface area (Å²) in [4.78, 5) is 12.3. The predicted octanol–water partition coefficient (Wildman–Crippen LogP) is 2.70. The van der Waals surface area contributed by atoms with Gasteiger partial charge >= 0.3 is 0 Å². The SMILES string of the molecule is C[C@@H]1[C@H](C)CCC[C@H]1NC(=O)CSc1nnnn1-c1ccccc1. The zero-order valence-electron chi connectivity index (χ0n) is 14.1. The standard InChI is InChI=1S/C17H23N5OS/c1-12-7-6-10-15(13(12)2)18-16(23)11-24-17-19-20-21-22(17)14-8-4-3-5-9-14/h3-5,8-9,12-13,15H,6-7,10-11H2,1-2H3,(H,18,23)/t12-,13-,15-/m1/s1. The number of tetrazole rings is 1. The highest BCUT2D eigenvalue weighted by Crippen LogP contribution is 2.29. The van der Waals surface area contributed by atoms with Gasteiger partial charge in [-0.25, -0.2) is 0 Å². The van der Waals surface area contributed by atoms with Crippen LogP contribution in [-0.4, -0.2) is 37.9 Å². The number of carbonyl (C=O) groups is 1. The number of hydrogen-bond donors (Lipinski definition) is 1. The third-order valence-corrected chi connectivity index (χ3v) is 5.75. The van der Waals surface area contributed by atoms with E-state index < -0.39 is 0 Å². The lowest BCUT2D eigenvalue weighted by Gasteiger charge is -2.34. The van der Waals surface area contributed by atoms with Crippen molar-refractivity contribution in [3.05, 3.63) is 30.3 Å². The van der Waals surface area contributed by atoms with Gasteiger partial charge in [-0.05, 0) is 40.8 Å². The molecular weight excluding hydrogens is 322 g/mol. The Hall–Kier alpha value is -1.89. The summed E-state index contributed by atoms with van der Waals surface area (Å²) in [6, 6.07) is 9.97. The topological polar surface area (TPSA) is 72.7 Å². The molecule has 1 aromatic carbocycles. The Bertz CT molecular complexity index is 675. The number of nitrogens with zero attached hydrogens (tertiary/aromatic N) is 4. The number of rotatable bonds is 5. The van der Waals surface area contributed by atoms with Crippen LogP contribution in [0.25, 0.3) is 5.69 Å². The fourth-order valence-electron chi connectivity index (χ4n) is 3.16. The second-order valence-electron chi connectivity index (χ2n) is 6.44. The largest absolute Gasteiger partial charge is 0.352 e. The average molecular weight is 345 g/mol. The molecule has 0 spiro atoms. The highest BCUT2D eigenvalue weighted by molar-refractivity contribution is 7.99. The highest BCUT2D eigenvalue weighted by atomic mass is 32.2. The smallest absolute Gasteiger partial charge is 0.230 e. The Morgan fingerprint density at radius 1 is 1.29 bits per heavy atom. The number of para-hydroxylation sites is 1. The second kappa shape index (κ2) is 7.79. The number of nitrogens with one attached hydrogen (secondary N) is 1. The molecule has 1 N–H and O–H groups in total. The highest BCUT2D eigenvalue weighted by Gasteiger charge is 2.28. The zero-order valence-corrected chi connectivity index (χ0v) is 14.9. The van der Waals surface area contributed by atoms with Crippen LogP contribution in [0, 0.1) is 11.8 Å². The second-order valence-corrected chi connectivity index (χ2v) is 7.38. The molecule has 0 saturated heterocycles. The molecule has 2 aromatic rings. The van der Waals surface area contributed by atoms with E-state index >= 15 is 0 Å². The number of aromatic nitrogens is 4. The molecule has 128 valence electrons. The molecular formula is C17H23N5OS. The summed E-state index contributed by atoms with van der Waals surface area (Å²) < 4.78 is 1.66. The van der Waals surface area contributed by atoms with Crippen molar-refractivity contribution in [2.45, 2.75) is 44.3 Å². The summed E-state index contributed by atoms with van der Waals surface area (Å²) in [7, 11) is 0. The zero-order chi connectivity index (χ0) is 16.9. The third-order valence-electron chi connectivity index (χ3n) is 4.83. The first-order valence-corrected chi connectivity index (χ1v) is 9.39. The summed E-state index contributed by atoms with van der Waals surface area (Å²) >= 11 is 1.36. The fourth-order valence-corrected chi connectivity index (χ4v) is 3.87. The minimum atomic E-state index is 0.0496. The number of carbonyl (C=O) groups excluding carboxylic acids is 1. The van der Waals surface area contributed by atoms with Gasteiger partial charge in [-0.2, -0.15) is 4.68 Å². The van der Waals surface area contributed by atoms with E-state index in [9.17, 15) is 4.79 Å². The van der Waals surface area contributed by atoms with Gasteiger partial charge in [0.25, 0.3) is 0 Å². The Labute approximate surface area is 146 Å². The van der Waals surface area contributed by atoms with Crippen molar-refractivity contribution in [3.8, 4) is 5.69 Å². The van der Waals surface area contributed by atoms with E-state index in [1.165, 1.54) is 24.6 Å². The Kier molecular flexibility index (Phi) is 5.50. The Balaban J connectivity index is 1.57. The summed E-state index contributed by atoms with van der Waals surface area (Å²) in [6.45, 7) is 4.50. The molecule has 1 aromatic heterocycles. The first-order valence-electron chi connectivity index (χ1n) is 8.41. The number of thioether (sulfide) groups is 1. The number of amides is 1. The normalized spacial score (nSPS) is 23.8. The van der Waals surface area contributed by atoms with E-state index in [1.807, 2.05) is 30.3 Å². The van der Waals surface area contributed by atoms with E-state index in [-0.39, 0.29) is 11.9 Å². The lowest BCUT2D eigenvalue weighted by molar-refractivity contribution is -0.120. The number of benzene rings is 1. The van der Waals surface area contributed by atoms with Crippen molar-refractivity contribution in [1.82, 2.24) is 25.5 Å². The lowest BCUT2D eigenvalue weighted by atomic mass is 9.78. The van der Waals surface area contributed by atoms with Crippen LogP contribution in [0.4, 0.5) is 0 Å². The van der Waals surface area contributed by atoms with Crippen LogP contribution in [0.3, 0.4) is 0 Å². The van der Waals surface area contributed by atoms with Gasteiger partial charge in [0.2, 0.25) is 11.1 Å². The molecule has 0 aliphatic heterocycles. The van der Waals surface area contributed by atoms with Crippen LogP contribution >= 0.6 is 11.8 Å². The van der Waals surface area contributed by atoms with E-state index in [0.717, 1.165) is 12.1 Å². The van der Waals surface area contributed by atoms with Crippen LogP contribution < -0.4 is 5.32 Å². The molecule has 6 nitrogen and oxygen atoms in total. The maximum atomic E-state index is 12.3.